The van der Waals surface area contributed by atoms with E-state index in [2.05, 4.69) is 0 Å². The van der Waals surface area contributed by atoms with Gasteiger partial charge in [-0.1, -0.05) is 23.7 Å². The molecule has 0 aromatic heterocycles. The molecule has 2 aromatic rings. The second kappa shape index (κ2) is 8.76. The number of nitro benzene ring substituents is 1. The molecule has 150 valence electrons. The van der Waals surface area contributed by atoms with Gasteiger partial charge in [0.25, 0.3) is 0 Å². The summed E-state index contributed by atoms with van der Waals surface area (Å²) in [5.41, 5.74) is -0.405. The van der Waals surface area contributed by atoms with E-state index in [1.165, 1.54) is 16.4 Å². The number of nitrogens with zero attached hydrogens (tertiary/aromatic N) is 2. The first-order valence-electron chi connectivity index (χ1n) is 8.68. The predicted molar refractivity (Wildman–Crippen MR) is 104 cm³/mol. The molecule has 1 saturated heterocycles. The highest BCUT2D eigenvalue weighted by Crippen LogP contribution is 2.32. The van der Waals surface area contributed by atoms with Crippen molar-refractivity contribution in [3.63, 3.8) is 0 Å². The summed E-state index contributed by atoms with van der Waals surface area (Å²) < 4.78 is 37.4. The first-order valence-corrected chi connectivity index (χ1v) is 10.5. The Bertz CT molecular complexity index is 960. The molecule has 8 nitrogen and oxygen atoms in total. The standard InChI is InChI=1S/C18H19ClN2O6S/c19-15-5-1-2-6-17(15)26-11-12-27-18-8-7-14(13-16(18)21(22)23)28(24,25)20-9-3-4-10-20/h1-2,5-8,13H,3-4,9-12H2. The van der Waals surface area contributed by atoms with Crippen molar-refractivity contribution in [2.75, 3.05) is 26.3 Å². The molecule has 0 radical (unpaired) electrons. The van der Waals surface area contributed by atoms with Crippen molar-refractivity contribution in [1.29, 1.82) is 0 Å². The minimum absolute atomic E-state index is 0.0202. The Morgan fingerprint density at radius 3 is 2.32 bits per heavy atom. The summed E-state index contributed by atoms with van der Waals surface area (Å²) in [6, 6.07) is 10.6. The topological polar surface area (TPSA) is 99.0 Å². The van der Waals surface area contributed by atoms with Crippen LogP contribution in [-0.2, 0) is 10.0 Å². The van der Waals surface area contributed by atoms with Crippen LogP contribution in [0.3, 0.4) is 0 Å². The summed E-state index contributed by atoms with van der Waals surface area (Å²) in [4.78, 5) is 10.6. The SMILES string of the molecule is O=[N+]([O-])c1cc(S(=O)(=O)N2CCCC2)ccc1OCCOc1ccccc1Cl. The van der Waals surface area contributed by atoms with Gasteiger partial charge in [-0.2, -0.15) is 4.31 Å². The Labute approximate surface area is 167 Å². The molecule has 1 heterocycles. The van der Waals surface area contributed by atoms with Gasteiger partial charge in [0, 0.05) is 19.2 Å². The zero-order valence-electron chi connectivity index (χ0n) is 14.9. The van der Waals surface area contributed by atoms with Crippen LogP contribution in [0.15, 0.2) is 47.4 Å². The molecule has 3 rings (SSSR count). The number of hydrogen-bond donors (Lipinski definition) is 0. The molecular weight excluding hydrogens is 408 g/mol. The normalized spacial score (nSPS) is 14.8. The molecule has 10 heteroatoms. The van der Waals surface area contributed by atoms with Crippen molar-refractivity contribution in [3.05, 3.63) is 57.6 Å². The van der Waals surface area contributed by atoms with Crippen LogP contribution in [0.25, 0.3) is 0 Å². The molecule has 0 spiro atoms. The highest BCUT2D eigenvalue weighted by Gasteiger charge is 2.29. The molecule has 28 heavy (non-hydrogen) atoms. The number of ether oxygens (including phenoxy) is 2. The summed E-state index contributed by atoms with van der Waals surface area (Å²) in [7, 11) is -3.74. The second-order valence-corrected chi connectivity index (χ2v) is 8.47. The number of para-hydroxylation sites is 1. The van der Waals surface area contributed by atoms with E-state index in [0.717, 1.165) is 18.9 Å². The lowest BCUT2D eigenvalue weighted by molar-refractivity contribution is -0.386. The lowest BCUT2D eigenvalue weighted by atomic mass is 10.3. The Morgan fingerprint density at radius 1 is 1.04 bits per heavy atom. The fourth-order valence-electron chi connectivity index (χ4n) is 2.86. The number of hydrogen-bond acceptors (Lipinski definition) is 6. The largest absolute Gasteiger partial charge is 0.488 e. The summed E-state index contributed by atoms with van der Waals surface area (Å²) >= 11 is 5.98. The highest BCUT2D eigenvalue weighted by atomic mass is 35.5. The van der Waals surface area contributed by atoms with Crippen LogP contribution >= 0.6 is 11.6 Å². The number of nitro groups is 1. The smallest absolute Gasteiger partial charge is 0.312 e. The van der Waals surface area contributed by atoms with E-state index in [1.54, 1.807) is 24.3 Å². The molecule has 0 aliphatic carbocycles. The van der Waals surface area contributed by atoms with E-state index in [9.17, 15) is 18.5 Å². The van der Waals surface area contributed by atoms with Crippen molar-refractivity contribution in [2.24, 2.45) is 0 Å². The summed E-state index contributed by atoms with van der Waals surface area (Å²) in [6.45, 7) is 1.00. The molecule has 0 atom stereocenters. The Hall–Kier alpha value is -2.36. The number of sulfonamides is 1. The predicted octanol–water partition coefficient (Wildman–Crippen LogP) is 3.49. The molecule has 0 N–H and O–H groups in total. The average molecular weight is 427 g/mol. The summed E-state index contributed by atoms with van der Waals surface area (Å²) in [5.74, 6) is 0.461. The third-order valence-corrected chi connectivity index (χ3v) is 6.47. The van der Waals surface area contributed by atoms with Crippen molar-refractivity contribution >= 4 is 27.3 Å². The highest BCUT2D eigenvalue weighted by molar-refractivity contribution is 7.89. The summed E-state index contributed by atoms with van der Waals surface area (Å²) in [5, 5.41) is 11.8. The number of benzene rings is 2. The number of halogens is 1. The Balaban J connectivity index is 1.69. The van der Waals surface area contributed by atoms with E-state index in [1.807, 2.05) is 0 Å². The van der Waals surface area contributed by atoms with Gasteiger partial charge in [-0.05, 0) is 37.1 Å². The molecule has 0 amide bonds. The zero-order valence-corrected chi connectivity index (χ0v) is 16.5. The quantitative estimate of drug-likeness (QED) is 0.364. The van der Waals surface area contributed by atoms with Crippen molar-refractivity contribution in [3.8, 4) is 11.5 Å². The minimum atomic E-state index is -3.74. The van der Waals surface area contributed by atoms with Gasteiger partial charge >= 0.3 is 5.69 Å². The lowest BCUT2D eigenvalue weighted by Crippen LogP contribution is -2.27. The molecule has 1 aliphatic heterocycles. The van der Waals surface area contributed by atoms with Gasteiger partial charge in [-0.3, -0.25) is 10.1 Å². The average Bonchev–Trinajstić information content (AvgIpc) is 3.22. The van der Waals surface area contributed by atoms with Gasteiger partial charge in [0.05, 0.1) is 14.8 Å². The van der Waals surface area contributed by atoms with Crippen molar-refractivity contribution < 1.29 is 22.8 Å². The van der Waals surface area contributed by atoms with Gasteiger partial charge in [-0.15, -0.1) is 0 Å². The maximum absolute atomic E-state index is 12.6. The maximum Gasteiger partial charge on any atom is 0.312 e. The lowest BCUT2D eigenvalue weighted by Gasteiger charge is -2.16. The summed E-state index contributed by atoms with van der Waals surface area (Å²) in [6.07, 6.45) is 1.57. The molecule has 0 saturated carbocycles. The van der Waals surface area contributed by atoms with E-state index < -0.39 is 20.6 Å². The molecule has 0 bridgehead atoms. The second-order valence-electron chi connectivity index (χ2n) is 6.13. The van der Waals surface area contributed by atoms with Crippen LogP contribution in [0.5, 0.6) is 11.5 Å². The van der Waals surface area contributed by atoms with Crippen molar-refractivity contribution in [1.82, 2.24) is 4.31 Å². The fraction of sp³-hybridized carbons (Fsp3) is 0.333. The molecule has 2 aromatic carbocycles. The number of rotatable bonds is 8. The Kier molecular flexibility index (Phi) is 6.38. The van der Waals surface area contributed by atoms with Crippen LogP contribution in [0, 0.1) is 10.1 Å². The molecule has 0 unspecified atom stereocenters. The van der Waals surface area contributed by atoms with Gasteiger partial charge in [-0.25, -0.2) is 8.42 Å². The van der Waals surface area contributed by atoms with E-state index >= 15 is 0 Å². The van der Waals surface area contributed by atoms with E-state index in [0.29, 0.717) is 23.9 Å². The van der Waals surface area contributed by atoms with Crippen LogP contribution in [-0.4, -0.2) is 43.9 Å². The van der Waals surface area contributed by atoms with Gasteiger partial charge < -0.3 is 9.47 Å². The Morgan fingerprint density at radius 2 is 1.68 bits per heavy atom. The maximum atomic E-state index is 12.6. The third-order valence-electron chi connectivity index (χ3n) is 4.27. The van der Waals surface area contributed by atoms with Crippen molar-refractivity contribution in [2.45, 2.75) is 17.7 Å². The van der Waals surface area contributed by atoms with E-state index in [4.69, 9.17) is 21.1 Å². The zero-order chi connectivity index (χ0) is 20.1. The molecule has 1 fully saturated rings. The van der Waals surface area contributed by atoms with Crippen LogP contribution in [0.1, 0.15) is 12.8 Å². The van der Waals surface area contributed by atoms with Gasteiger partial charge in [0.2, 0.25) is 10.0 Å². The minimum Gasteiger partial charge on any atom is -0.488 e. The fourth-order valence-corrected chi connectivity index (χ4v) is 4.59. The molecule has 1 aliphatic rings. The van der Waals surface area contributed by atoms with Gasteiger partial charge in [0.1, 0.15) is 19.0 Å². The van der Waals surface area contributed by atoms with Crippen LogP contribution < -0.4 is 9.47 Å². The monoisotopic (exact) mass is 426 g/mol. The van der Waals surface area contributed by atoms with Crippen LogP contribution in [0.2, 0.25) is 5.02 Å². The molecular formula is C18H19ClN2O6S. The van der Waals surface area contributed by atoms with E-state index in [-0.39, 0.29) is 23.9 Å². The van der Waals surface area contributed by atoms with Gasteiger partial charge in [0.15, 0.2) is 5.75 Å². The van der Waals surface area contributed by atoms with Crippen LogP contribution in [0.4, 0.5) is 5.69 Å². The first-order chi connectivity index (χ1) is 13.4. The first kappa shape index (κ1) is 20.4. The third kappa shape index (κ3) is 4.54.